The van der Waals surface area contributed by atoms with E-state index in [1.54, 1.807) is 38.1 Å². The van der Waals surface area contributed by atoms with Gasteiger partial charge in [0.2, 0.25) is 17.7 Å². The van der Waals surface area contributed by atoms with Crippen LogP contribution in [0.5, 0.6) is 0 Å². The Morgan fingerprint density at radius 1 is 0.784 bits per heavy atom. The van der Waals surface area contributed by atoms with E-state index in [9.17, 15) is 14.4 Å². The van der Waals surface area contributed by atoms with E-state index in [-0.39, 0.29) is 5.92 Å². The molecule has 0 unspecified atom stereocenters. The number of benzene rings is 3. The number of anilines is 1. The Hall–Kier alpha value is -2.86. The number of halogens is 3. The molecule has 1 heterocycles. The maximum Gasteiger partial charge on any atom is 0.247 e. The van der Waals surface area contributed by atoms with Gasteiger partial charge in [-0.3, -0.25) is 19.3 Å². The van der Waals surface area contributed by atoms with Crippen molar-refractivity contribution in [1.82, 2.24) is 4.90 Å². The fourth-order valence-corrected chi connectivity index (χ4v) is 7.65. The quantitative estimate of drug-likeness (QED) is 0.323. The minimum atomic E-state index is -1.29. The van der Waals surface area contributed by atoms with Gasteiger partial charge in [0.1, 0.15) is 15.8 Å². The predicted octanol–water partition coefficient (Wildman–Crippen LogP) is 5.90. The molecule has 3 aliphatic carbocycles. The Morgan fingerprint density at radius 3 is 1.57 bits per heavy atom. The van der Waals surface area contributed by atoms with E-state index >= 15 is 0 Å². The molecule has 0 saturated carbocycles. The van der Waals surface area contributed by atoms with Gasteiger partial charge in [0, 0.05) is 10.7 Å². The van der Waals surface area contributed by atoms with Crippen LogP contribution < -0.4 is 5.32 Å². The molecule has 4 aliphatic rings. The minimum Gasteiger partial charge on any atom is -0.324 e. The van der Waals surface area contributed by atoms with E-state index in [1.807, 2.05) is 48.5 Å². The first kappa shape index (κ1) is 24.5. The highest BCUT2D eigenvalue weighted by atomic mass is 35.5. The van der Waals surface area contributed by atoms with E-state index in [4.69, 9.17) is 34.8 Å². The van der Waals surface area contributed by atoms with Crippen molar-refractivity contribution in [2.45, 2.75) is 29.6 Å². The molecule has 1 fully saturated rings. The molecule has 7 rings (SSSR count). The number of alkyl halides is 2. The summed E-state index contributed by atoms with van der Waals surface area (Å²) < 4.78 is 0. The summed E-state index contributed by atoms with van der Waals surface area (Å²) in [4.78, 5) is 40.5. The third kappa shape index (κ3) is 3.14. The first-order valence-corrected chi connectivity index (χ1v) is 13.3. The average molecular weight is 554 g/mol. The lowest BCUT2D eigenvalue weighted by Crippen LogP contribution is -2.57. The smallest absolute Gasteiger partial charge is 0.247 e. The summed E-state index contributed by atoms with van der Waals surface area (Å²) in [6.45, 7) is 3.61. The van der Waals surface area contributed by atoms with Crippen molar-refractivity contribution in [2.24, 2.45) is 17.8 Å². The average Bonchev–Trinajstić information content (AvgIpc) is 3.15. The second-order valence-electron chi connectivity index (χ2n) is 10.2. The van der Waals surface area contributed by atoms with Crippen molar-refractivity contribution in [3.05, 3.63) is 100 Å². The zero-order chi connectivity index (χ0) is 26.3. The second kappa shape index (κ2) is 8.32. The number of nitrogens with zero attached hydrogens (tertiary/aromatic N) is 1. The second-order valence-corrected chi connectivity index (χ2v) is 11.8. The number of hydrogen-bond acceptors (Lipinski definition) is 3. The fourth-order valence-electron chi connectivity index (χ4n) is 6.43. The molecule has 1 N–H and O–H groups in total. The van der Waals surface area contributed by atoms with Gasteiger partial charge in [0.05, 0.1) is 11.8 Å². The molecule has 2 bridgehead atoms. The van der Waals surface area contributed by atoms with E-state index in [0.29, 0.717) is 10.7 Å². The molecule has 188 valence electrons. The van der Waals surface area contributed by atoms with Crippen molar-refractivity contribution < 1.29 is 14.4 Å². The first-order valence-electron chi connectivity index (χ1n) is 12.1. The summed E-state index contributed by atoms with van der Waals surface area (Å²) in [5, 5.41) is 3.36. The lowest BCUT2D eigenvalue weighted by Gasteiger charge is -2.54. The molecule has 0 spiro atoms. The number of rotatable bonds is 4. The van der Waals surface area contributed by atoms with Gasteiger partial charge in [-0.2, -0.15) is 0 Å². The molecule has 0 radical (unpaired) electrons. The summed E-state index contributed by atoms with van der Waals surface area (Å²) in [5.41, 5.74) is 3.41. The van der Waals surface area contributed by atoms with Gasteiger partial charge in [-0.15, -0.1) is 23.2 Å². The molecule has 3 atom stereocenters. The number of hydrogen-bond donors (Lipinski definition) is 1. The van der Waals surface area contributed by atoms with Crippen molar-refractivity contribution in [2.75, 3.05) is 5.32 Å². The van der Waals surface area contributed by atoms with E-state index in [2.05, 4.69) is 5.32 Å². The third-order valence-corrected chi connectivity index (χ3v) is 9.45. The number of carbonyl (C=O) groups is 3. The number of nitrogens with one attached hydrogen (secondary N) is 1. The van der Waals surface area contributed by atoms with Crippen molar-refractivity contribution in [3.8, 4) is 0 Å². The molecule has 3 aromatic rings. The Balaban J connectivity index is 1.48. The summed E-state index contributed by atoms with van der Waals surface area (Å²) >= 11 is 20.9. The minimum absolute atomic E-state index is 0.361. The van der Waals surface area contributed by atoms with Crippen LogP contribution in [0.15, 0.2) is 72.8 Å². The van der Waals surface area contributed by atoms with Crippen LogP contribution in [0.3, 0.4) is 0 Å². The van der Waals surface area contributed by atoms with Crippen LogP contribution in [0.25, 0.3) is 0 Å². The first-order chi connectivity index (χ1) is 17.6. The maximum atomic E-state index is 14.2. The van der Waals surface area contributed by atoms with Crippen LogP contribution in [0, 0.1) is 17.8 Å². The molecule has 1 saturated heterocycles. The highest BCUT2D eigenvalue weighted by Crippen LogP contribution is 2.69. The molecular weight excluding hydrogens is 531 g/mol. The maximum absolute atomic E-state index is 14.2. The van der Waals surface area contributed by atoms with E-state index in [1.165, 1.54) is 0 Å². The Kier molecular flexibility index (Phi) is 5.50. The lowest BCUT2D eigenvalue weighted by atomic mass is 9.54. The van der Waals surface area contributed by atoms with Gasteiger partial charge < -0.3 is 5.32 Å². The molecule has 8 heteroatoms. The fraction of sp³-hybridized carbons (Fsp3) is 0.276. The normalized spacial score (nSPS) is 28.1. The van der Waals surface area contributed by atoms with Gasteiger partial charge in [0.15, 0.2) is 0 Å². The SMILES string of the molecule is CC(C)[C@@H](C(=O)Nc1ccc(Cl)cc1)N1C(=O)[C@@H]2[C@H](C1=O)C1(Cl)c3ccccc3C2(Cl)c2ccccc21. The number of amides is 3. The zero-order valence-corrected chi connectivity index (χ0v) is 22.3. The summed E-state index contributed by atoms with van der Waals surface area (Å²) in [6, 6.07) is 20.5. The molecule has 5 nitrogen and oxygen atoms in total. The van der Waals surface area contributed by atoms with E-state index < -0.39 is 45.3 Å². The van der Waals surface area contributed by atoms with Crippen LogP contribution in [-0.2, 0) is 24.1 Å². The zero-order valence-electron chi connectivity index (χ0n) is 20.0. The van der Waals surface area contributed by atoms with E-state index in [0.717, 1.165) is 27.2 Å². The largest absolute Gasteiger partial charge is 0.324 e. The number of likely N-dealkylation sites (tertiary alicyclic amines) is 1. The standard InChI is InChI=1S/C29H23Cl3N2O3/c1-15(2)24(25(35)33-17-13-11-16(30)12-14-17)34-26(36)22-23(27(34)37)29(32)19-8-4-3-7-18(19)28(22,31)20-9-5-6-10-21(20)29/h3-15,22-24H,1-2H3,(H,33,35)/t22-,23+,24-,28?,29?/m0/s1. The number of imide groups is 1. The van der Waals surface area contributed by atoms with Gasteiger partial charge in [-0.25, -0.2) is 0 Å². The lowest BCUT2D eigenvalue weighted by molar-refractivity contribution is -0.148. The van der Waals surface area contributed by atoms with Crippen molar-refractivity contribution in [3.63, 3.8) is 0 Å². The van der Waals surface area contributed by atoms with Crippen LogP contribution in [-0.4, -0.2) is 28.7 Å². The summed E-state index contributed by atoms with van der Waals surface area (Å²) in [7, 11) is 0. The highest BCUT2D eigenvalue weighted by molar-refractivity contribution is 6.36. The van der Waals surface area contributed by atoms with Gasteiger partial charge in [0.25, 0.3) is 0 Å². The topological polar surface area (TPSA) is 66.5 Å². The number of carbonyl (C=O) groups excluding carboxylic acids is 3. The highest BCUT2D eigenvalue weighted by Gasteiger charge is 2.73. The summed E-state index contributed by atoms with van der Waals surface area (Å²) in [5.74, 6) is -3.69. The molecular formula is C29H23Cl3N2O3. The van der Waals surface area contributed by atoms with Gasteiger partial charge >= 0.3 is 0 Å². The summed E-state index contributed by atoms with van der Waals surface area (Å²) in [6.07, 6.45) is 0. The Morgan fingerprint density at radius 2 is 1.19 bits per heavy atom. The monoisotopic (exact) mass is 552 g/mol. The predicted molar refractivity (Wildman–Crippen MR) is 144 cm³/mol. The third-order valence-electron chi connectivity index (χ3n) is 7.91. The van der Waals surface area contributed by atoms with Crippen LogP contribution in [0.1, 0.15) is 36.1 Å². The Labute approximate surface area is 229 Å². The van der Waals surface area contributed by atoms with Crippen molar-refractivity contribution >= 4 is 58.2 Å². The molecule has 3 aromatic carbocycles. The Bertz CT molecular complexity index is 1350. The van der Waals surface area contributed by atoms with Crippen LogP contribution >= 0.6 is 34.8 Å². The van der Waals surface area contributed by atoms with Crippen molar-refractivity contribution in [1.29, 1.82) is 0 Å². The molecule has 37 heavy (non-hydrogen) atoms. The van der Waals surface area contributed by atoms with Crippen LogP contribution in [0.2, 0.25) is 5.02 Å². The molecule has 3 amide bonds. The van der Waals surface area contributed by atoms with Crippen LogP contribution in [0.4, 0.5) is 5.69 Å². The molecule has 0 aromatic heterocycles. The molecule has 1 aliphatic heterocycles. The van der Waals surface area contributed by atoms with Gasteiger partial charge in [-0.1, -0.05) is 74.0 Å². The van der Waals surface area contributed by atoms with Gasteiger partial charge in [-0.05, 0) is 52.4 Å².